The van der Waals surface area contributed by atoms with Crippen molar-refractivity contribution in [3.8, 4) is 17.5 Å². The van der Waals surface area contributed by atoms with Gasteiger partial charge < -0.3 is 9.73 Å². The van der Waals surface area contributed by atoms with Crippen molar-refractivity contribution in [1.82, 2.24) is 15.2 Å². The van der Waals surface area contributed by atoms with Gasteiger partial charge in [0.25, 0.3) is 0 Å². The summed E-state index contributed by atoms with van der Waals surface area (Å²) in [5, 5.41) is 19.7. The Morgan fingerprint density at radius 3 is 2.80 bits per heavy atom. The van der Waals surface area contributed by atoms with Crippen LogP contribution >= 0.6 is 11.3 Å². The molecule has 0 aromatic carbocycles. The first-order valence-electron chi connectivity index (χ1n) is 5.82. The summed E-state index contributed by atoms with van der Waals surface area (Å²) < 4.78 is 5.50. The second-order valence-electron chi connectivity index (χ2n) is 3.88. The summed E-state index contributed by atoms with van der Waals surface area (Å²) in [5.74, 6) is 0.443. The molecule has 98 valence electrons. The van der Waals surface area contributed by atoms with Gasteiger partial charge in [0.05, 0.1) is 6.54 Å². The number of nitriles is 1. The summed E-state index contributed by atoms with van der Waals surface area (Å²) in [4.78, 5) is 5.65. The van der Waals surface area contributed by atoms with Crippen LogP contribution in [0.3, 0.4) is 0 Å². The fraction of sp³-hybridized carbons (Fsp3) is 0.0769. The van der Waals surface area contributed by atoms with Crippen LogP contribution in [-0.2, 0) is 6.54 Å². The third kappa shape index (κ3) is 2.65. The van der Waals surface area contributed by atoms with Crippen LogP contribution < -0.4 is 5.32 Å². The molecule has 7 heteroatoms. The minimum Gasteiger partial charge on any atom is -0.403 e. The highest BCUT2D eigenvalue weighted by molar-refractivity contribution is 7.12. The molecule has 1 N–H and O–H groups in total. The highest BCUT2D eigenvalue weighted by Crippen LogP contribution is 2.20. The number of pyridine rings is 1. The lowest BCUT2D eigenvalue weighted by atomic mass is 10.3. The highest BCUT2D eigenvalue weighted by Gasteiger charge is 2.08. The zero-order chi connectivity index (χ0) is 13.8. The molecule has 0 fully saturated rings. The maximum atomic E-state index is 8.76. The largest absolute Gasteiger partial charge is 0.403 e. The molecule has 20 heavy (non-hydrogen) atoms. The molecule has 0 saturated heterocycles. The lowest BCUT2D eigenvalue weighted by Gasteiger charge is -1.97. The van der Waals surface area contributed by atoms with E-state index in [1.807, 2.05) is 6.07 Å². The molecule has 3 aromatic heterocycles. The smallest absolute Gasteiger partial charge is 0.316 e. The van der Waals surface area contributed by atoms with Crippen LogP contribution in [0.15, 0.2) is 41.1 Å². The maximum absolute atomic E-state index is 8.76. The summed E-state index contributed by atoms with van der Waals surface area (Å²) >= 11 is 1.43. The number of rotatable bonds is 4. The Balaban J connectivity index is 1.67. The van der Waals surface area contributed by atoms with Crippen LogP contribution in [-0.4, -0.2) is 15.2 Å². The first-order chi connectivity index (χ1) is 9.85. The second kappa shape index (κ2) is 5.50. The van der Waals surface area contributed by atoms with Gasteiger partial charge in [-0.3, -0.25) is 4.98 Å². The third-order valence-electron chi connectivity index (χ3n) is 2.54. The lowest BCUT2D eigenvalue weighted by Crippen LogP contribution is -1.97. The standard InChI is InChI=1S/C13H9N5OS/c14-7-10-1-2-11(20-10)8-16-13-18-17-12(19-13)9-3-5-15-6-4-9/h1-6H,8H2,(H,16,18). The molecule has 0 aliphatic rings. The molecule has 0 bridgehead atoms. The summed E-state index contributed by atoms with van der Waals surface area (Å²) in [6.07, 6.45) is 3.34. The van der Waals surface area contributed by atoms with E-state index in [9.17, 15) is 0 Å². The van der Waals surface area contributed by atoms with E-state index in [1.54, 1.807) is 30.6 Å². The van der Waals surface area contributed by atoms with Gasteiger partial charge in [0.15, 0.2) is 0 Å². The SMILES string of the molecule is N#Cc1ccc(CNc2nnc(-c3ccncc3)o2)s1. The Hall–Kier alpha value is -2.72. The lowest BCUT2D eigenvalue weighted by molar-refractivity contribution is 0.581. The minimum atomic E-state index is 0.351. The fourth-order valence-corrected chi connectivity index (χ4v) is 2.35. The van der Waals surface area contributed by atoms with Crippen LogP contribution in [0.5, 0.6) is 0 Å². The molecule has 3 rings (SSSR count). The summed E-state index contributed by atoms with van der Waals surface area (Å²) in [5.41, 5.74) is 0.823. The van der Waals surface area contributed by atoms with Crippen molar-refractivity contribution in [2.24, 2.45) is 0 Å². The van der Waals surface area contributed by atoms with E-state index in [1.165, 1.54) is 11.3 Å². The van der Waals surface area contributed by atoms with E-state index in [0.717, 1.165) is 10.4 Å². The fourth-order valence-electron chi connectivity index (χ4n) is 1.60. The van der Waals surface area contributed by atoms with Gasteiger partial charge in [-0.2, -0.15) is 5.26 Å². The Labute approximate surface area is 118 Å². The third-order valence-corrected chi connectivity index (χ3v) is 3.53. The molecule has 3 aromatic rings. The average molecular weight is 283 g/mol. The van der Waals surface area contributed by atoms with E-state index < -0.39 is 0 Å². The molecular formula is C13H9N5OS. The number of hydrogen-bond donors (Lipinski definition) is 1. The molecule has 0 aliphatic heterocycles. The van der Waals surface area contributed by atoms with Gasteiger partial charge in [-0.1, -0.05) is 5.10 Å². The van der Waals surface area contributed by atoms with Crippen LogP contribution in [0, 0.1) is 11.3 Å². The molecule has 0 amide bonds. The Kier molecular flexibility index (Phi) is 3.39. The molecule has 0 atom stereocenters. The quantitative estimate of drug-likeness (QED) is 0.792. The van der Waals surface area contributed by atoms with E-state index in [-0.39, 0.29) is 0 Å². The van der Waals surface area contributed by atoms with Crippen molar-refractivity contribution in [3.63, 3.8) is 0 Å². The molecule has 0 saturated carbocycles. The zero-order valence-electron chi connectivity index (χ0n) is 10.3. The van der Waals surface area contributed by atoms with Gasteiger partial charge in [-0.05, 0) is 24.3 Å². The number of aromatic nitrogens is 3. The van der Waals surface area contributed by atoms with Gasteiger partial charge in [0, 0.05) is 22.8 Å². The van der Waals surface area contributed by atoms with Crippen LogP contribution in [0.1, 0.15) is 9.75 Å². The number of anilines is 1. The first-order valence-corrected chi connectivity index (χ1v) is 6.63. The summed E-state index contributed by atoms with van der Waals surface area (Å²) in [6.45, 7) is 0.546. The van der Waals surface area contributed by atoms with Gasteiger partial charge in [-0.25, -0.2) is 0 Å². The number of hydrogen-bond acceptors (Lipinski definition) is 7. The molecule has 0 spiro atoms. The van der Waals surface area contributed by atoms with E-state index in [0.29, 0.717) is 23.3 Å². The van der Waals surface area contributed by atoms with Crippen molar-refractivity contribution < 1.29 is 4.42 Å². The second-order valence-corrected chi connectivity index (χ2v) is 5.05. The Morgan fingerprint density at radius 1 is 1.20 bits per heavy atom. The monoisotopic (exact) mass is 283 g/mol. The number of nitrogens with zero attached hydrogens (tertiary/aromatic N) is 4. The van der Waals surface area contributed by atoms with Gasteiger partial charge in [0.1, 0.15) is 10.9 Å². The van der Waals surface area contributed by atoms with Crippen LogP contribution in [0.25, 0.3) is 11.5 Å². The number of nitrogens with one attached hydrogen (secondary N) is 1. The predicted octanol–water partition coefficient (Wildman–Crippen LogP) is 2.68. The van der Waals surface area contributed by atoms with Crippen molar-refractivity contribution in [1.29, 1.82) is 5.26 Å². The molecule has 3 heterocycles. The van der Waals surface area contributed by atoms with Gasteiger partial charge in [-0.15, -0.1) is 16.4 Å². The first kappa shape index (κ1) is 12.3. The molecule has 0 radical (unpaired) electrons. The van der Waals surface area contributed by atoms with E-state index in [4.69, 9.17) is 9.68 Å². The number of thiophene rings is 1. The van der Waals surface area contributed by atoms with E-state index >= 15 is 0 Å². The van der Waals surface area contributed by atoms with Crippen molar-refractivity contribution in [2.75, 3.05) is 5.32 Å². The highest BCUT2D eigenvalue weighted by atomic mass is 32.1. The van der Waals surface area contributed by atoms with Gasteiger partial charge in [0.2, 0.25) is 5.89 Å². The van der Waals surface area contributed by atoms with Crippen molar-refractivity contribution in [2.45, 2.75) is 6.54 Å². The van der Waals surface area contributed by atoms with Crippen LogP contribution in [0.4, 0.5) is 6.01 Å². The van der Waals surface area contributed by atoms with Crippen molar-refractivity contribution >= 4 is 17.4 Å². The molecule has 0 unspecified atom stereocenters. The van der Waals surface area contributed by atoms with Crippen LogP contribution in [0.2, 0.25) is 0 Å². The molecule has 6 nitrogen and oxygen atoms in total. The Morgan fingerprint density at radius 2 is 2.05 bits per heavy atom. The molecular weight excluding hydrogens is 274 g/mol. The topological polar surface area (TPSA) is 87.6 Å². The van der Waals surface area contributed by atoms with E-state index in [2.05, 4.69) is 26.6 Å². The predicted molar refractivity (Wildman–Crippen MR) is 73.9 cm³/mol. The normalized spacial score (nSPS) is 10.2. The Bertz CT molecular complexity index is 743. The minimum absolute atomic E-state index is 0.351. The maximum Gasteiger partial charge on any atom is 0.316 e. The zero-order valence-corrected chi connectivity index (χ0v) is 11.1. The van der Waals surface area contributed by atoms with Gasteiger partial charge >= 0.3 is 6.01 Å². The van der Waals surface area contributed by atoms with Crippen molar-refractivity contribution in [3.05, 3.63) is 46.4 Å². The summed E-state index contributed by atoms with van der Waals surface area (Å²) in [7, 11) is 0. The summed E-state index contributed by atoms with van der Waals surface area (Å²) in [6, 6.07) is 9.75. The average Bonchev–Trinajstić information content (AvgIpc) is 3.15. The molecule has 0 aliphatic carbocycles.